The fraction of sp³-hybridized carbons (Fsp3) is 0.500. The zero-order valence-corrected chi connectivity index (χ0v) is 13.0. The Morgan fingerprint density at radius 2 is 2.20 bits per heavy atom. The van der Waals surface area contributed by atoms with Crippen LogP contribution in [0.3, 0.4) is 0 Å². The highest BCUT2D eigenvalue weighted by molar-refractivity contribution is 5.87. The number of rotatable bonds is 4. The fourth-order valence-electron chi connectivity index (χ4n) is 3.04. The predicted octanol–water partition coefficient (Wildman–Crippen LogP) is 4.31. The van der Waals surface area contributed by atoms with Crippen LogP contribution in [0.4, 0.5) is 0 Å². The van der Waals surface area contributed by atoms with Crippen LogP contribution in [0.1, 0.15) is 56.2 Å². The van der Waals surface area contributed by atoms with E-state index >= 15 is 0 Å². The molecule has 0 fully saturated rings. The summed E-state index contributed by atoms with van der Waals surface area (Å²) in [6.45, 7) is 11.6. The zero-order chi connectivity index (χ0) is 14.9. The van der Waals surface area contributed by atoms with Gasteiger partial charge in [-0.2, -0.15) is 0 Å². The van der Waals surface area contributed by atoms with Crippen LogP contribution in [0, 0.1) is 6.92 Å². The number of carbonyl (C=O) groups is 1. The number of ether oxygens (including phenoxy) is 1. The van der Waals surface area contributed by atoms with E-state index in [0.29, 0.717) is 5.57 Å². The van der Waals surface area contributed by atoms with E-state index in [1.807, 2.05) is 0 Å². The molecule has 0 radical (unpaired) electrons. The molecule has 1 aromatic rings. The minimum atomic E-state index is -0.449. The summed E-state index contributed by atoms with van der Waals surface area (Å²) in [6, 6.07) is 6.61. The fourth-order valence-corrected chi connectivity index (χ4v) is 3.04. The van der Waals surface area contributed by atoms with Crippen molar-refractivity contribution in [3.8, 4) is 0 Å². The van der Waals surface area contributed by atoms with E-state index < -0.39 is 5.60 Å². The van der Waals surface area contributed by atoms with E-state index in [9.17, 15) is 4.79 Å². The molecular weight excluding hydrogens is 248 g/mol. The first-order valence-corrected chi connectivity index (χ1v) is 7.35. The molecule has 108 valence electrons. The maximum absolute atomic E-state index is 11.9. The number of hydrogen-bond acceptors (Lipinski definition) is 2. The average Bonchev–Trinajstić information content (AvgIpc) is 2.81. The molecule has 0 aliphatic heterocycles. The normalized spacial score (nSPS) is 20.1. The van der Waals surface area contributed by atoms with E-state index in [0.717, 1.165) is 19.3 Å². The summed E-state index contributed by atoms with van der Waals surface area (Å²) in [6.07, 6.45) is 2.93. The Labute approximate surface area is 121 Å². The molecule has 0 N–H and O–H groups in total. The lowest BCUT2D eigenvalue weighted by atomic mass is 9.82. The van der Waals surface area contributed by atoms with E-state index in [2.05, 4.69) is 45.5 Å². The molecule has 20 heavy (non-hydrogen) atoms. The third-order valence-electron chi connectivity index (χ3n) is 4.49. The van der Waals surface area contributed by atoms with Gasteiger partial charge in [-0.3, -0.25) is 0 Å². The van der Waals surface area contributed by atoms with Crippen molar-refractivity contribution in [2.24, 2.45) is 0 Å². The molecule has 2 atom stereocenters. The van der Waals surface area contributed by atoms with Crippen LogP contribution in [0.25, 0.3) is 0 Å². The van der Waals surface area contributed by atoms with Gasteiger partial charge in [0.2, 0.25) is 0 Å². The van der Waals surface area contributed by atoms with E-state index in [-0.39, 0.29) is 11.9 Å². The largest absolute Gasteiger partial charge is 0.455 e. The molecule has 1 aromatic carbocycles. The van der Waals surface area contributed by atoms with Gasteiger partial charge in [0, 0.05) is 11.5 Å². The first kappa shape index (κ1) is 14.8. The number of fused-ring (bicyclic) bond motifs is 1. The zero-order valence-electron chi connectivity index (χ0n) is 13.0. The number of hydrogen-bond donors (Lipinski definition) is 0. The third-order valence-corrected chi connectivity index (χ3v) is 4.49. The van der Waals surface area contributed by atoms with E-state index in [1.54, 1.807) is 6.92 Å². The van der Waals surface area contributed by atoms with Gasteiger partial charge in [0.05, 0.1) is 0 Å². The lowest BCUT2D eigenvalue weighted by Gasteiger charge is -2.35. The number of carbonyl (C=O) groups excluding carboxylic acids is 1. The quantitative estimate of drug-likeness (QED) is 0.603. The number of aryl methyl sites for hydroxylation is 2. The molecule has 0 saturated carbocycles. The van der Waals surface area contributed by atoms with Gasteiger partial charge in [0.15, 0.2) is 0 Å². The molecule has 0 spiro atoms. The molecule has 1 aliphatic carbocycles. The van der Waals surface area contributed by atoms with Crippen molar-refractivity contribution in [1.82, 2.24) is 0 Å². The standard InChI is InChI=1S/C18H24O2/c1-6-18(5,20-17(19)12(2)3)16-10-9-14-8-7-13(4)11-15(14)16/h7-8,11,16H,2,6,9-10H2,1,3-5H3. The predicted molar refractivity (Wildman–Crippen MR) is 81.8 cm³/mol. The highest BCUT2D eigenvalue weighted by Crippen LogP contribution is 2.44. The summed E-state index contributed by atoms with van der Waals surface area (Å²) in [7, 11) is 0. The van der Waals surface area contributed by atoms with E-state index in [4.69, 9.17) is 4.74 Å². The maximum Gasteiger partial charge on any atom is 0.333 e. The lowest BCUT2D eigenvalue weighted by molar-refractivity contribution is -0.156. The Morgan fingerprint density at radius 3 is 2.80 bits per heavy atom. The van der Waals surface area contributed by atoms with Crippen molar-refractivity contribution < 1.29 is 9.53 Å². The highest BCUT2D eigenvalue weighted by Gasteiger charge is 2.41. The van der Waals surface area contributed by atoms with Gasteiger partial charge in [-0.05, 0) is 51.2 Å². The van der Waals surface area contributed by atoms with Crippen LogP contribution in [-0.2, 0) is 16.0 Å². The SMILES string of the molecule is C=C(C)C(=O)OC(C)(CC)C1CCc2ccc(C)cc21. The molecule has 1 aliphatic rings. The molecule has 0 bridgehead atoms. The summed E-state index contributed by atoms with van der Waals surface area (Å²) in [4.78, 5) is 11.9. The first-order valence-electron chi connectivity index (χ1n) is 7.35. The van der Waals surface area contributed by atoms with Gasteiger partial charge >= 0.3 is 5.97 Å². The second kappa shape index (κ2) is 5.43. The summed E-state index contributed by atoms with van der Waals surface area (Å²) < 4.78 is 5.79. The van der Waals surface area contributed by atoms with Crippen molar-refractivity contribution in [2.45, 2.75) is 58.5 Å². The Balaban J connectivity index is 2.32. The van der Waals surface area contributed by atoms with Gasteiger partial charge in [0.25, 0.3) is 0 Å². The molecule has 2 rings (SSSR count). The minimum Gasteiger partial charge on any atom is -0.455 e. The Hall–Kier alpha value is -1.57. The molecular formula is C18H24O2. The van der Waals surface area contributed by atoms with Crippen LogP contribution in [0.5, 0.6) is 0 Å². The smallest absolute Gasteiger partial charge is 0.333 e. The highest BCUT2D eigenvalue weighted by atomic mass is 16.6. The number of benzene rings is 1. The summed E-state index contributed by atoms with van der Waals surface area (Å²) in [5.41, 5.74) is 4.03. The molecule has 2 nitrogen and oxygen atoms in total. The van der Waals surface area contributed by atoms with Crippen molar-refractivity contribution >= 4 is 5.97 Å². The molecule has 0 amide bonds. The minimum absolute atomic E-state index is 0.282. The average molecular weight is 272 g/mol. The third kappa shape index (κ3) is 2.65. The lowest BCUT2D eigenvalue weighted by Crippen LogP contribution is -2.37. The van der Waals surface area contributed by atoms with Crippen LogP contribution >= 0.6 is 0 Å². The molecule has 2 unspecified atom stereocenters. The maximum atomic E-state index is 11.9. The molecule has 2 heteroatoms. The van der Waals surface area contributed by atoms with Crippen LogP contribution in [-0.4, -0.2) is 11.6 Å². The van der Waals surface area contributed by atoms with Gasteiger partial charge < -0.3 is 4.74 Å². The summed E-state index contributed by atoms with van der Waals surface area (Å²) >= 11 is 0. The van der Waals surface area contributed by atoms with Crippen molar-refractivity contribution in [2.75, 3.05) is 0 Å². The van der Waals surface area contributed by atoms with Crippen LogP contribution in [0.15, 0.2) is 30.4 Å². The van der Waals surface area contributed by atoms with Gasteiger partial charge in [0.1, 0.15) is 5.60 Å². The van der Waals surface area contributed by atoms with Crippen molar-refractivity contribution in [3.63, 3.8) is 0 Å². The van der Waals surface area contributed by atoms with Crippen molar-refractivity contribution in [1.29, 1.82) is 0 Å². The van der Waals surface area contributed by atoms with Gasteiger partial charge in [-0.1, -0.05) is 37.3 Å². The Morgan fingerprint density at radius 1 is 1.50 bits per heavy atom. The Bertz CT molecular complexity index is 544. The molecule has 0 saturated heterocycles. The monoisotopic (exact) mass is 272 g/mol. The molecule has 0 aromatic heterocycles. The van der Waals surface area contributed by atoms with Crippen LogP contribution < -0.4 is 0 Å². The summed E-state index contributed by atoms with van der Waals surface area (Å²) in [5, 5.41) is 0. The van der Waals surface area contributed by atoms with Crippen molar-refractivity contribution in [3.05, 3.63) is 47.0 Å². The molecule has 0 heterocycles. The van der Waals surface area contributed by atoms with Crippen LogP contribution in [0.2, 0.25) is 0 Å². The second-order valence-corrected chi connectivity index (χ2v) is 6.13. The second-order valence-electron chi connectivity index (χ2n) is 6.13. The van der Waals surface area contributed by atoms with E-state index in [1.165, 1.54) is 16.7 Å². The number of esters is 1. The van der Waals surface area contributed by atoms with Gasteiger partial charge in [-0.15, -0.1) is 0 Å². The van der Waals surface area contributed by atoms with Gasteiger partial charge in [-0.25, -0.2) is 4.79 Å². The Kier molecular flexibility index (Phi) is 4.03. The first-order chi connectivity index (χ1) is 9.37. The summed E-state index contributed by atoms with van der Waals surface area (Å²) in [5.74, 6) is 0.00107. The topological polar surface area (TPSA) is 26.3 Å².